The van der Waals surface area contributed by atoms with Gasteiger partial charge >= 0.3 is 0 Å². The van der Waals surface area contributed by atoms with E-state index in [1.165, 1.54) is 47.8 Å². The Hall–Kier alpha value is -3.43. The molecule has 0 atom stereocenters. The fraction of sp³-hybridized carbons (Fsp3) is 0.265. The Morgan fingerprint density at radius 3 is 2.46 bits per heavy atom. The maximum Gasteiger partial charge on any atom is 0.143 e. The van der Waals surface area contributed by atoms with Crippen molar-refractivity contribution in [2.75, 3.05) is 0 Å². The molecule has 186 valence electrons. The molecule has 0 bridgehead atoms. The van der Waals surface area contributed by atoms with Gasteiger partial charge in [0.2, 0.25) is 0 Å². The van der Waals surface area contributed by atoms with E-state index in [2.05, 4.69) is 108 Å². The zero-order valence-electron chi connectivity index (χ0n) is 22.5. The number of pyridine rings is 1. The first-order valence-electron chi connectivity index (χ1n) is 13.1. The van der Waals surface area contributed by atoms with Gasteiger partial charge in [-0.25, -0.2) is 0 Å². The lowest BCUT2D eigenvalue weighted by Gasteiger charge is -2.22. The second-order valence-corrected chi connectivity index (χ2v) is 12.7. The molecule has 0 N–H and O–H groups in total. The second-order valence-electron chi connectivity index (χ2n) is 11.6. The van der Waals surface area contributed by atoms with E-state index in [9.17, 15) is 0 Å². The summed E-state index contributed by atoms with van der Waals surface area (Å²) in [7, 11) is 0. The molecular formula is C34H33NOS. The lowest BCUT2D eigenvalue weighted by molar-refractivity contribution is 0.497. The predicted octanol–water partition coefficient (Wildman–Crippen LogP) is 10.3. The predicted molar refractivity (Wildman–Crippen MR) is 160 cm³/mol. The minimum atomic E-state index is 0.0323. The van der Waals surface area contributed by atoms with Gasteiger partial charge in [0.25, 0.3) is 0 Å². The molecule has 0 radical (unpaired) electrons. The van der Waals surface area contributed by atoms with Crippen molar-refractivity contribution < 1.29 is 4.42 Å². The van der Waals surface area contributed by atoms with Crippen molar-refractivity contribution in [3.8, 4) is 21.7 Å². The highest BCUT2D eigenvalue weighted by Gasteiger charge is 2.21. The second kappa shape index (κ2) is 8.85. The molecule has 3 heterocycles. The number of hydrogen-bond acceptors (Lipinski definition) is 3. The molecule has 2 nitrogen and oxygen atoms in total. The molecule has 0 amide bonds. The molecular weight excluding hydrogens is 470 g/mol. The van der Waals surface area contributed by atoms with Crippen molar-refractivity contribution in [1.29, 1.82) is 0 Å². The van der Waals surface area contributed by atoms with Crippen molar-refractivity contribution >= 4 is 43.2 Å². The van der Waals surface area contributed by atoms with Gasteiger partial charge in [0.05, 0.1) is 10.4 Å². The molecule has 0 aliphatic heterocycles. The fourth-order valence-electron chi connectivity index (χ4n) is 5.42. The molecule has 3 aromatic carbocycles. The number of aryl methyl sites for hydroxylation is 1. The minimum Gasteiger partial charge on any atom is -0.460 e. The van der Waals surface area contributed by atoms with E-state index in [1.807, 2.05) is 17.5 Å². The van der Waals surface area contributed by atoms with E-state index in [-0.39, 0.29) is 5.41 Å². The zero-order valence-corrected chi connectivity index (χ0v) is 23.3. The number of rotatable bonds is 4. The van der Waals surface area contributed by atoms with Crippen LogP contribution in [-0.2, 0) is 11.8 Å². The van der Waals surface area contributed by atoms with Gasteiger partial charge in [-0.3, -0.25) is 4.98 Å². The van der Waals surface area contributed by atoms with Gasteiger partial charge in [-0.15, -0.1) is 11.3 Å². The third-order valence-corrected chi connectivity index (χ3v) is 8.49. The third-order valence-electron chi connectivity index (χ3n) is 7.30. The van der Waals surface area contributed by atoms with Crippen LogP contribution in [0.1, 0.15) is 51.5 Å². The number of fused-ring (bicyclic) bond motifs is 3. The lowest BCUT2D eigenvalue weighted by atomic mass is 9.82. The van der Waals surface area contributed by atoms with Crippen LogP contribution in [0.3, 0.4) is 0 Å². The maximum atomic E-state index is 6.50. The van der Waals surface area contributed by atoms with Crippen LogP contribution in [0.25, 0.3) is 53.5 Å². The average molecular weight is 504 g/mol. The Morgan fingerprint density at radius 1 is 0.892 bits per heavy atom. The first-order chi connectivity index (χ1) is 17.7. The summed E-state index contributed by atoms with van der Waals surface area (Å²) in [6.07, 6.45) is 2.90. The van der Waals surface area contributed by atoms with Crippen LogP contribution in [0.4, 0.5) is 0 Å². The van der Waals surface area contributed by atoms with Gasteiger partial charge in [0, 0.05) is 34.0 Å². The molecule has 0 spiro atoms. The molecule has 3 heteroatoms. The van der Waals surface area contributed by atoms with E-state index < -0.39 is 0 Å². The summed E-state index contributed by atoms with van der Waals surface area (Å²) in [4.78, 5) is 6.13. The molecule has 0 aliphatic carbocycles. The number of benzene rings is 3. The molecule has 0 saturated carbocycles. The molecule has 0 saturated heterocycles. The third kappa shape index (κ3) is 4.16. The van der Waals surface area contributed by atoms with E-state index >= 15 is 0 Å². The highest BCUT2D eigenvalue weighted by molar-refractivity contribution is 7.22. The number of nitrogens with zero attached hydrogens (tertiary/aromatic N) is 1. The van der Waals surface area contributed by atoms with Crippen molar-refractivity contribution in [3.63, 3.8) is 0 Å². The molecule has 0 aliphatic rings. The van der Waals surface area contributed by atoms with Gasteiger partial charge in [-0.1, -0.05) is 71.0 Å². The lowest BCUT2D eigenvalue weighted by Crippen LogP contribution is -2.12. The summed E-state index contributed by atoms with van der Waals surface area (Å²) in [5.41, 5.74) is 7.03. The van der Waals surface area contributed by atoms with Gasteiger partial charge < -0.3 is 4.42 Å². The number of hydrogen-bond donors (Lipinski definition) is 0. The van der Waals surface area contributed by atoms with Crippen LogP contribution < -0.4 is 0 Å². The molecule has 37 heavy (non-hydrogen) atoms. The van der Waals surface area contributed by atoms with Gasteiger partial charge in [0.15, 0.2) is 0 Å². The quantitative estimate of drug-likeness (QED) is 0.239. The monoisotopic (exact) mass is 503 g/mol. The van der Waals surface area contributed by atoms with Crippen LogP contribution in [-0.4, -0.2) is 4.98 Å². The summed E-state index contributed by atoms with van der Waals surface area (Å²) < 4.78 is 7.72. The molecule has 0 unspecified atom stereocenters. The van der Waals surface area contributed by atoms with Crippen LogP contribution in [0.2, 0.25) is 0 Å². The summed E-state index contributed by atoms with van der Waals surface area (Å²) in [6.45, 7) is 13.5. The molecule has 6 rings (SSSR count). The average Bonchev–Trinajstić information content (AvgIpc) is 3.43. The zero-order chi connectivity index (χ0) is 25.9. The van der Waals surface area contributed by atoms with E-state index in [0.717, 1.165) is 29.0 Å². The van der Waals surface area contributed by atoms with Crippen LogP contribution in [0, 0.1) is 12.8 Å². The highest BCUT2D eigenvalue weighted by Crippen LogP contribution is 2.43. The van der Waals surface area contributed by atoms with Crippen LogP contribution in [0.5, 0.6) is 0 Å². The Labute approximate surface area is 223 Å². The van der Waals surface area contributed by atoms with Crippen molar-refractivity contribution in [2.24, 2.45) is 5.92 Å². The topological polar surface area (TPSA) is 26.0 Å². The smallest absolute Gasteiger partial charge is 0.143 e. The van der Waals surface area contributed by atoms with Crippen LogP contribution in [0.15, 0.2) is 77.3 Å². The first kappa shape index (κ1) is 23.9. The number of thiophene rings is 1. The summed E-state index contributed by atoms with van der Waals surface area (Å²) in [5, 5.41) is 5.01. The SMILES string of the molecule is Cc1c(CC(C)C)oc2c(-c3cc4ccnc(-c5cc(C(C)(C)C)c6ccccc6c5)c4s3)cccc12. The van der Waals surface area contributed by atoms with Crippen molar-refractivity contribution in [1.82, 2.24) is 4.98 Å². The van der Waals surface area contributed by atoms with E-state index in [0.29, 0.717) is 5.92 Å². The van der Waals surface area contributed by atoms with Crippen LogP contribution >= 0.6 is 11.3 Å². The van der Waals surface area contributed by atoms with E-state index in [4.69, 9.17) is 9.40 Å². The van der Waals surface area contributed by atoms with Gasteiger partial charge in [0.1, 0.15) is 11.3 Å². The summed E-state index contributed by atoms with van der Waals surface area (Å²) in [6, 6.07) is 24.3. The Balaban J connectivity index is 1.54. The Kier molecular flexibility index (Phi) is 5.72. The van der Waals surface area contributed by atoms with Crippen molar-refractivity contribution in [2.45, 2.75) is 53.4 Å². The molecule has 3 aromatic heterocycles. The number of para-hydroxylation sites is 1. The van der Waals surface area contributed by atoms with Gasteiger partial charge in [-0.2, -0.15) is 0 Å². The van der Waals surface area contributed by atoms with Gasteiger partial charge in [-0.05, 0) is 75.9 Å². The number of aromatic nitrogens is 1. The van der Waals surface area contributed by atoms with E-state index in [1.54, 1.807) is 0 Å². The Bertz CT molecular complexity index is 1780. The normalized spacial score (nSPS) is 12.4. The molecule has 6 aromatic rings. The van der Waals surface area contributed by atoms with Crippen molar-refractivity contribution in [3.05, 3.63) is 89.8 Å². The minimum absolute atomic E-state index is 0.0323. The Morgan fingerprint density at radius 2 is 1.68 bits per heavy atom. The summed E-state index contributed by atoms with van der Waals surface area (Å²) >= 11 is 1.81. The highest BCUT2D eigenvalue weighted by atomic mass is 32.1. The molecule has 0 fully saturated rings. The number of furan rings is 1. The standard InChI is InChI=1S/C34H33NOS/c1-20(2)16-29-21(3)25-12-9-13-27(32(25)36-29)30-19-23-14-15-35-31(33(23)37-30)24-17-22-10-7-8-11-26(22)28(18-24)34(4,5)6/h7-15,17-20H,16H2,1-6H3. The maximum absolute atomic E-state index is 6.50. The largest absolute Gasteiger partial charge is 0.460 e. The first-order valence-corrected chi connectivity index (χ1v) is 14.0. The summed E-state index contributed by atoms with van der Waals surface area (Å²) in [5.74, 6) is 1.66. The fourth-order valence-corrected chi connectivity index (χ4v) is 6.61.